The van der Waals surface area contributed by atoms with Crippen LogP contribution in [-0.4, -0.2) is 30.2 Å². The lowest BCUT2D eigenvalue weighted by atomic mass is 9.87. The lowest BCUT2D eigenvalue weighted by Crippen LogP contribution is -2.39. The molecule has 2 aliphatic carbocycles. The molecule has 0 N–H and O–H groups in total. The maximum atomic E-state index is 13.1. The van der Waals surface area contributed by atoms with Gasteiger partial charge in [0.2, 0.25) is 0 Å². The van der Waals surface area contributed by atoms with Crippen molar-refractivity contribution < 1.29 is 9.53 Å². The van der Waals surface area contributed by atoms with Crippen LogP contribution in [0.4, 0.5) is 0 Å². The molecule has 0 aromatic heterocycles. The Morgan fingerprint density at radius 2 is 1.75 bits per heavy atom. The number of ether oxygens (including phenoxy) is 1. The van der Waals surface area contributed by atoms with E-state index in [0.717, 1.165) is 55.2 Å². The van der Waals surface area contributed by atoms with E-state index in [-0.39, 0.29) is 12.1 Å². The van der Waals surface area contributed by atoms with E-state index in [0.29, 0.717) is 6.54 Å². The second-order valence-corrected chi connectivity index (χ2v) is 9.04. The van der Waals surface area contributed by atoms with Gasteiger partial charge in [-0.25, -0.2) is 0 Å². The molecule has 4 rings (SSSR count). The molecular formula is C24H32ClNO2. The monoisotopic (exact) mass is 401 g/mol. The van der Waals surface area contributed by atoms with E-state index in [2.05, 4.69) is 12.1 Å². The van der Waals surface area contributed by atoms with E-state index in [1.54, 1.807) is 0 Å². The van der Waals surface area contributed by atoms with Gasteiger partial charge in [-0.05, 0) is 67.7 Å². The number of benzene rings is 1. The first-order chi connectivity index (χ1) is 13.7. The molecule has 1 heterocycles. The lowest BCUT2D eigenvalue weighted by molar-refractivity contribution is -0.135. The molecule has 1 aromatic rings. The average molecular weight is 402 g/mol. The van der Waals surface area contributed by atoms with Crippen LogP contribution in [0, 0.1) is 5.92 Å². The Morgan fingerprint density at radius 3 is 2.54 bits per heavy atom. The van der Waals surface area contributed by atoms with E-state index in [1.807, 2.05) is 17.0 Å². The Hall–Kier alpha value is -1.32. The highest BCUT2D eigenvalue weighted by Gasteiger charge is 2.40. The van der Waals surface area contributed by atoms with Gasteiger partial charge in [0, 0.05) is 23.7 Å². The molecule has 1 fully saturated rings. The Balaban J connectivity index is 1.39. The van der Waals surface area contributed by atoms with Crippen LogP contribution < -0.4 is 0 Å². The summed E-state index contributed by atoms with van der Waals surface area (Å²) in [5, 5.41) is 0.752. The molecule has 0 unspecified atom stereocenters. The molecule has 0 bridgehead atoms. The fourth-order valence-corrected chi connectivity index (χ4v) is 5.17. The summed E-state index contributed by atoms with van der Waals surface area (Å²) in [5.41, 5.74) is 3.53. The van der Waals surface area contributed by atoms with Crippen molar-refractivity contribution in [1.82, 2.24) is 4.90 Å². The minimum Gasteiger partial charge on any atom is -0.354 e. The maximum Gasteiger partial charge on any atom is 0.252 e. The zero-order chi connectivity index (χ0) is 19.3. The Morgan fingerprint density at radius 1 is 1.00 bits per heavy atom. The fourth-order valence-electron chi connectivity index (χ4n) is 5.05. The first-order valence-electron chi connectivity index (χ1n) is 11.1. The van der Waals surface area contributed by atoms with E-state index in [1.165, 1.54) is 49.7 Å². The first-order valence-corrected chi connectivity index (χ1v) is 11.5. The average Bonchev–Trinajstić information content (AvgIpc) is 3.00. The second-order valence-electron chi connectivity index (χ2n) is 8.60. The molecule has 0 saturated heterocycles. The summed E-state index contributed by atoms with van der Waals surface area (Å²) in [7, 11) is 0. The lowest BCUT2D eigenvalue weighted by Gasteiger charge is -2.29. The predicted octanol–water partition coefficient (Wildman–Crippen LogP) is 5.91. The van der Waals surface area contributed by atoms with Crippen molar-refractivity contribution in [2.75, 3.05) is 13.2 Å². The van der Waals surface area contributed by atoms with Crippen LogP contribution in [0.5, 0.6) is 0 Å². The van der Waals surface area contributed by atoms with Crippen molar-refractivity contribution in [2.24, 2.45) is 5.92 Å². The second kappa shape index (κ2) is 9.45. The third-order valence-corrected chi connectivity index (χ3v) is 6.94. The van der Waals surface area contributed by atoms with E-state index < -0.39 is 0 Å². The van der Waals surface area contributed by atoms with Crippen LogP contribution >= 0.6 is 11.6 Å². The summed E-state index contributed by atoms with van der Waals surface area (Å²) in [6.07, 6.45) is 12.9. The summed E-state index contributed by atoms with van der Waals surface area (Å²) < 4.78 is 6.39. The van der Waals surface area contributed by atoms with E-state index in [9.17, 15) is 4.79 Å². The van der Waals surface area contributed by atoms with Crippen LogP contribution in [0.1, 0.15) is 69.8 Å². The molecule has 3 aliphatic rings. The SMILES string of the molecule is O=C1C2=C(CCCC2)[C@H](OCCC2CCCCC2)N1CCc1ccc(Cl)cc1. The third-order valence-electron chi connectivity index (χ3n) is 6.69. The highest BCUT2D eigenvalue weighted by Crippen LogP contribution is 2.37. The molecule has 3 nitrogen and oxygen atoms in total. The quantitative estimate of drug-likeness (QED) is 0.568. The van der Waals surface area contributed by atoms with Crippen LogP contribution in [0.25, 0.3) is 0 Å². The van der Waals surface area contributed by atoms with Gasteiger partial charge in [-0.2, -0.15) is 0 Å². The number of amides is 1. The normalized spacial score (nSPS) is 23.4. The number of nitrogens with zero attached hydrogens (tertiary/aromatic N) is 1. The number of halogens is 1. The number of hydrogen-bond acceptors (Lipinski definition) is 2. The van der Waals surface area contributed by atoms with Crippen LogP contribution in [-0.2, 0) is 16.0 Å². The van der Waals surface area contributed by atoms with Gasteiger partial charge in [0.15, 0.2) is 6.23 Å². The Kier molecular flexibility index (Phi) is 6.74. The number of carbonyl (C=O) groups excluding carboxylic acids is 1. The number of rotatable bonds is 7. The minimum atomic E-state index is -0.126. The molecule has 152 valence electrons. The zero-order valence-corrected chi connectivity index (χ0v) is 17.6. The summed E-state index contributed by atoms with van der Waals surface area (Å²) >= 11 is 6.00. The van der Waals surface area contributed by atoms with Gasteiger partial charge in [-0.15, -0.1) is 0 Å². The third kappa shape index (κ3) is 4.63. The molecule has 1 aliphatic heterocycles. The summed E-state index contributed by atoms with van der Waals surface area (Å²) in [5.74, 6) is 1.03. The highest BCUT2D eigenvalue weighted by atomic mass is 35.5. The van der Waals surface area contributed by atoms with Gasteiger partial charge in [-0.1, -0.05) is 55.8 Å². The molecule has 1 aromatic carbocycles. The highest BCUT2D eigenvalue weighted by molar-refractivity contribution is 6.30. The summed E-state index contributed by atoms with van der Waals surface area (Å²) in [4.78, 5) is 15.0. The Labute approximate surface area is 174 Å². The topological polar surface area (TPSA) is 29.5 Å². The van der Waals surface area contributed by atoms with Crippen LogP contribution in [0.3, 0.4) is 0 Å². The zero-order valence-electron chi connectivity index (χ0n) is 16.8. The maximum absolute atomic E-state index is 13.1. The molecule has 28 heavy (non-hydrogen) atoms. The van der Waals surface area contributed by atoms with Gasteiger partial charge in [0.1, 0.15) is 0 Å². The molecule has 4 heteroatoms. The van der Waals surface area contributed by atoms with Crippen molar-refractivity contribution in [2.45, 2.75) is 76.9 Å². The van der Waals surface area contributed by atoms with Crippen LogP contribution in [0.15, 0.2) is 35.4 Å². The van der Waals surface area contributed by atoms with Gasteiger partial charge < -0.3 is 9.64 Å². The van der Waals surface area contributed by atoms with Gasteiger partial charge in [0.05, 0.1) is 0 Å². The minimum absolute atomic E-state index is 0.126. The first kappa shape index (κ1) is 20.0. The number of carbonyl (C=O) groups is 1. The van der Waals surface area contributed by atoms with Crippen molar-refractivity contribution in [1.29, 1.82) is 0 Å². The van der Waals surface area contributed by atoms with Crippen LogP contribution in [0.2, 0.25) is 5.02 Å². The fraction of sp³-hybridized carbons (Fsp3) is 0.625. The van der Waals surface area contributed by atoms with Crippen molar-refractivity contribution in [3.63, 3.8) is 0 Å². The van der Waals surface area contributed by atoms with Gasteiger partial charge in [0.25, 0.3) is 5.91 Å². The molecule has 0 radical (unpaired) electrons. The van der Waals surface area contributed by atoms with Crippen molar-refractivity contribution in [3.8, 4) is 0 Å². The van der Waals surface area contributed by atoms with E-state index in [4.69, 9.17) is 16.3 Å². The van der Waals surface area contributed by atoms with Crippen molar-refractivity contribution >= 4 is 17.5 Å². The molecule has 1 saturated carbocycles. The van der Waals surface area contributed by atoms with E-state index >= 15 is 0 Å². The molecule has 0 spiro atoms. The number of hydrogen-bond donors (Lipinski definition) is 0. The molecular weight excluding hydrogens is 370 g/mol. The van der Waals surface area contributed by atoms with Crippen molar-refractivity contribution in [3.05, 3.63) is 46.0 Å². The summed E-state index contributed by atoms with van der Waals surface area (Å²) in [6.45, 7) is 1.48. The standard InChI is InChI=1S/C24H32ClNO2/c25-20-12-10-19(11-13-20)14-16-26-23(27)21-8-4-5-9-22(21)24(26)28-17-15-18-6-2-1-3-7-18/h10-13,18,24H,1-9,14-17H2/t24-/m0/s1. The summed E-state index contributed by atoms with van der Waals surface area (Å²) in [6, 6.07) is 7.94. The van der Waals surface area contributed by atoms with Gasteiger partial charge >= 0.3 is 0 Å². The Bertz CT molecular complexity index is 706. The smallest absolute Gasteiger partial charge is 0.252 e. The predicted molar refractivity (Wildman–Crippen MR) is 113 cm³/mol. The largest absolute Gasteiger partial charge is 0.354 e. The molecule has 1 amide bonds. The van der Waals surface area contributed by atoms with Gasteiger partial charge in [-0.3, -0.25) is 4.79 Å². The molecule has 1 atom stereocenters.